The lowest BCUT2D eigenvalue weighted by atomic mass is 10.1. The third-order valence-electron chi connectivity index (χ3n) is 5.99. The number of amides is 3. The van der Waals surface area contributed by atoms with E-state index in [1.165, 1.54) is 6.07 Å². The summed E-state index contributed by atoms with van der Waals surface area (Å²) in [6, 6.07) is 4.87. The Morgan fingerprint density at radius 2 is 1.78 bits per heavy atom. The molecule has 1 aliphatic carbocycles. The van der Waals surface area contributed by atoms with E-state index >= 15 is 0 Å². The van der Waals surface area contributed by atoms with Gasteiger partial charge in [-0.2, -0.15) is 0 Å². The Kier molecular flexibility index (Phi) is 5.29. The van der Waals surface area contributed by atoms with Crippen molar-refractivity contribution in [3.63, 3.8) is 0 Å². The Labute approximate surface area is 159 Å². The molecule has 7 heteroatoms. The third-order valence-corrected chi connectivity index (χ3v) is 5.99. The molecule has 6 nitrogen and oxygen atoms in total. The van der Waals surface area contributed by atoms with Crippen molar-refractivity contribution in [1.82, 2.24) is 20.0 Å². The van der Waals surface area contributed by atoms with Gasteiger partial charge in [-0.25, -0.2) is 9.18 Å². The number of halogens is 1. The van der Waals surface area contributed by atoms with Gasteiger partial charge in [-0.1, -0.05) is 12.1 Å². The third kappa shape index (κ3) is 3.93. The molecule has 2 fully saturated rings. The second-order valence-corrected chi connectivity index (χ2v) is 7.70. The van der Waals surface area contributed by atoms with Crippen LogP contribution in [0.5, 0.6) is 0 Å². The van der Waals surface area contributed by atoms with Crippen LogP contribution in [0.2, 0.25) is 0 Å². The first-order valence-corrected chi connectivity index (χ1v) is 9.94. The number of carbonyl (C=O) groups excluding carboxylic acids is 2. The smallest absolute Gasteiger partial charge is 0.317 e. The highest BCUT2D eigenvalue weighted by Crippen LogP contribution is 2.32. The van der Waals surface area contributed by atoms with E-state index in [-0.39, 0.29) is 23.8 Å². The zero-order valence-corrected chi connectivity index (χ0v) is 15.6. The topological polar surface area (TPSA) is 55.9 Å². The number of nitrogens with one attached hydrogen (secondary N) is 1. The molecule has 1 unspecified atom stereocenters. The van der Waals surface area contributed by atoms with Crippen LogP contribution in [-0.2, 0) is 11.2 Å². The zero-order valence-electron chi connectivity index (χ0n) is 15.6. The van der Waals surface area contributed by atoms with E-state index in [1.807, 2.05) is 11.0 Å². The van der Waals surface area contributed by atoms with Gasteiger partial charge in [0.05, 0.1) is 12.6 Å². The predicted octanol–water partition coefficient (Wildman–Crippen LogP) is 1.76. The highest BCUT2D eigenvalue weighted by Gasteiger charge is 2.29. The summed E-state index contributed by atoms with van der Waals surface area (Å²) in [6.45, 7) is 4.86. The number of hydrogen-bond acceptors (Lipinski definition) is 3. The minimum absolute atomic E-state index is 0.0948. The highest BCUT2D eigenvalue weighted by atomic mass is 19.1. The van der Waals surface area contributed by atoms with E-state index in [2.05, 4.69) is 10.2 Å². The lowest BCUT2D eigenvalue weighted by Crippen LogP contribution is -2.53. The normalized spacial score (nSPS) is 22.8. The van der Waals surface area contributed by atoms with Crippen LogP contribution in [0.3, 0.4) is 0 Å². The Balaban J connectivity index is 1.26. The molecule has 1 aromatic rings. The Bertz CT molecular complexity index is 712. The summed E-state index contributed by atoms with van der Waals surface area (Å²) in [7, 11) is 0. The standard InChI is InChI=1S/C20H27FN4O2/c21-17-5-3-4-16-15(17)6-7-18(16)22-20(27)25-12-10-23(11-13-25)14-19(26)24-8-1-2-9-24/h3-5,18H,1-2,6-14H2,(H,22,27). The molecule has 0 bridgehead atoms. The molecule has 0 spiro atoms. The molecule has 1 N–H and O–H groups in total. The maximum atomic E-state index is 13.9. The van der Waals surface area contributed by atoms with Crippen molar-refractivity contribution in [3.05, 3.63) is 35.1 Å². The van der Waals surface area contributed by atoms with Gasteiger partial charge in [-0.15, -0.1) is 0 Å². The summed E-state index contributed by atoms with van der Waals surface area (Å²) >= 11 is 0. The fourth-order valence-electron chi connectivity index (χ4n) is 4.37. The van der Waals surface area contributed by atoms with Gasteiger partial charge in [-0.3, -0.25) is 9.69 Å². The summed E-state index contributed by atoms with van der Waals surface area (Å²) in [5.41, 5.74) is 1.63. The number of benzene rings is 1. The molecule has 146 valence electrons. The summed E-state index contributed by atoms with van der Waals surface area (Å²) in [4.78, 5) is 30.7. The fraction of sp³-hybridized carbons (Fsp3) is 0.600. The number of rotatable bonds is 3. The molecule has 2 aliphatic heterocycles. The molecule has 27 heavy (non-hydrogen) atoms. The second kappa shape index (κ2) is 7.84. The number of nitrogens with zero attached hydrogens (tertiary/aromatic N) is 3. The maximum Gasteiger partial charge on any atom is 0.317 e. The minimum atomic E-state index is -0.180. The predicted molar refractivity (Wildman–Crippen MR) is 99.8 cm³/mol. The number of likely N-dealkylation sites (tertiary alicyclic amines) is 1. The van der Waals surface area contributed by atoms with Crippen molar-refractivity contribution < 1.29 is 14.0 Å². The number of piperazine rings is 1. The molecule has 3 aliphatic rings. The first-order chi connectivity index (χ1) is 13.1. The summed E-state index contributed by atoms with van der Waals surface area (Å²) in [5, 5.41) is 3.06. The van der Waals surface area contributed by atoms with E-state index in [0.717, 1.165) is 43.5 Å². The van der Waals surface area contributed by atoms with E-state index in [9.17, 15) is 14.0 Å². The van der Waals surface area contributed by atoms with Crippen molar-refractivity contribution in [1.29, 1.82) is 0 Å². The molecule has 3 amide bonds. The number of hydrogen-bond donors (Lipinski definition) is 1. The van der Waals surface area contributed by atoms with Crippen molar-refractivity contribution >= 4 is 11.9 Å². The Hall–Kier alpha value is -2.15. The van der Waals surface area contributed by atoms with Gasteiger partial charge in [0.2, 0.25) is 5.91 Å². The van der Waals surface area contributed by atoms with Gasteiger partial charge in [0.15, 0.2) is 0 Å². The fourth-order valence-corrected chi connectivity index (χ4v) is 4.37. The van der Waals surface area contributed by atoms with Crippen LogP contribution < -0.4 is 5.32 Å². The summed E-state index contributed by atoms with van der Waals surface area (Å²) in [5.74, 6) is 0.0236. The quantitative estimate of drug-likeness (QED) is 0.877. The van der Waals surface area contributed by atoms with Crippen LogP contribution in [-0.4, -0.2) is 72.5 Å². The van der Waals surface area contributed by atoms with Crippen LogP contribution in [0.1, 0.15) is 36.4 Å². The highest BCUT2D eigenvalue weighted by molar-refractivity contribution is 5.78. The molecule has 0 aromatic heterocycles. The first kappa shape index (κ1) is 18.2. The summed E-state index contributed by atoms with van der Waals surface area (Å²) < 4.78 is 13.9. The minimum Gasteiger partial charge on any atom is -0.342 e. The molecule has 0 radical (unpaired) electrons. The molecule has 2 heterocycles. The van der Waals surface area contributed by atoms with Crippen LogP contribution in [0.15, 0.2) is 18.2 Å². The largest absolute Gasteiger partial charge is 0.342 e. The average Bonchev–Trinajstić information content (AvgIpc) is 3.34. The van der Waals surface area contributed by atoms with Gasteiger partial charge in [-0.05, 0) is 42.9 Å². The van der Waals surface area contributed by atoms with E-state index in [4.69, 9.17) is 0 Å². The zero-order chi connectivity index (χ0) is 18.8. The van der Waals surface area contributed by atoms with Gasteiger partial charge >= 0.3 is 6.03 Å². The molecular weight excluding hydrogens is 347 g/mol. The number of carbonyl (C=O) groups is 2. The van der Waals surface area contributed by atoms with E-state index < -0.39 is 0 Å². The summed E-state index contributed by atoms with van der Waals surface area (Å²) in [6.07, 6.45) is 3.62. The first-order valence-electron chi connectivity index (χ1n) is 9.94. The van der Waals surface area contributed by atoms with Crippen LogP contribution in [0.25, 0.3) is 0 Å². The van der Waals surface area contributed by atoms with Gasteiger partial charge in [0.1, 0.15) is 5.82 Å². The van der Waals surface area contributed by atoms with Gasteiger partial charge in [0, 0.05) is 39.3 Å². The van der Waals surface area contributed by atoms with E-state index in [1.54, 1.807) is 11.0 Å². The van der Waals surface area contributed by atoms with Crippen molar-refractivity contribution in [3.8, 4) is 0 Å². The average molecular weight is 374 g/mol. The van der Waals surface area contributed by atoms with Crippen molar-refractivity contribution in [2.24, 2.45) is 0 Å². The molecule has 0 saturated carbocycles. The molecule has 1 aromatic carbocycles. The maximum absolute atomic E-state index is 13.9. The Morgan fingerprint density at radius 1 is 1.04 bits per heavy atom. The molecule has 1 atom stereocenters. The van der Waals surface area contributed by atoms with Crippen LogP contribution in [0.4, 0.5) is 9.18 Å². The van der Waals surface area contributed by atoms with Gasteiger partial charge < -0.3 is 15.1 Å². The lowest BCUT2D eigenvalue weighted by molar-refractivity contribution is -0.131. The van der Waals surface area contributed by atoms with Crippen molar-refractivity contribution in [2.75, 3.05) is 45.8 Å². The second-order valence-electron chi connectivity index (χ2n) is 7.70. The SMILES string of the molecule is O=C(CN1CCN(C(=O)NC2CCc3c(F)cccc32)CC1)N1CCCC1. The van der Waals surface area contributed by atoms with Crippen LogP contribution >= 0.6 is 0 Å². The lowest BCUT2D eigenvalue weighted by Gasteiger charge is -2.35. The van der Waals surface area contributed by atoms with Crippen LogP contribution in [0, 0.1) is 5.82 Å². The Morgan fingerprint density at radius 3 is 2.52 bits per heavy atom. The number of fused-ring (bicyclic) bond motifs is 1. The molecule has 2 saturated heterocycles. The molecule has 4 rings (SSSR count). The monoisotopic (exact) mass is 374 g/mol. The van der Waals surface area contributed by atoms with Gasteiger partial charge in [0.25, 0.3) is 0 Å². The van der Waals surface area contributed by atoms with Crippen molar-refractivity contribution in [2.45, 2.75) is 31.7 Å². The van der Waals surface area contributed by atoms with E-state index in [0.29, 0.717) is 39.1 Å². The molecular formula is C20H27FN4O2. The number of urea groups is 1.